The Morgan fingerprint density at radius 2 is 1.40 bits per heavy atom. The average molecular weight is 273 g/mol. The number of nitrogens with zero attached hydrogens (tertiary/aromatic N) is 2. The topological polar surface area (TPSA) is 27.0 Å². The van der Waals surface area contributed by atoms with Crippen LogP contribution in [0, 0.1) is 11.3 Å². The molecule has 15 heavy (non-hydrogen) atoms. The van der Waals surface area contributed by atoms with Crippen molar-refractivity contribution in [3.8, 4) is 6.07 Å². The zero-order valence-corrected chi connectivity index (χ0v) is 11.1. The minimum absolute atomic E-state index is 0. The van der Waals surface area contributed by atoms with Gasteiger partial charge >= 0.3 is 0 Å². The van der Waals surface area contributed by atoms with Crippen molar-refractivity contribution < 1.29 is 0 Å². The lowest BCUT2D eigenvalue weighted by atomic mass is 9.80. The first-order chi connectivity index (χ1) is 6.87. The van der Waals surface area contributed by atoms with Crippen molar-refractivity contribution in [2.24, 2.45) is 0 Å². The predicted molar refractivity (Wildman–Crippen MR) is 67.2 cm³/mol. The number of halogens is 1. The zero-order valence-electron chi connectivity index (χ0n) is 9.37. The Morgan fingerprint density at radius 1 is 0.867 bits per heavy atom. The summed E-state index contributed by atoms with van der Waals surface area (Å²) in [6.07, 6.45) is 10.0. The third-order valence-electron chi connectivity index (χ3n) is 3.85. The lowest BCUT2D eigenvalue weighted by Crippen LogP contribution is -2.51. The van der Waals surface area contributed by atoms with E-state index < -0.39 is 0 Å². The van der Waals surface area contributed by atoms with E-state index in [1.54, 1.807) is 0 Å². The fourth-order valence-corrected chi connectivity index (χ4v) is 2.96. The Hall–Kier alpha value is -0.0700. The molecule has 0 aromatic rings. The predicted octanol–water partition coefficient (Wildman–Crippen LogP) is 3.28. The van der Waals surface area contributed by atoms with E-state index in [9.17, 15) is 5.26 Å². The maximum Gasteiger partial charge on any atom is 0.109 e. The van der Waals surface area contributed by atoms with Gasteiger partial charge in [0.15, 0.2) is 0 Å². The molecule has 0 amide bonds. The van der Waals surface area contributed by atoms with E-state index >= 15 is 0 Å². The smallest absolute Gasteiger partial charge is 0.109 e. The molecule has 1 heterocycles. The van der Waals surface area contributed by atoms with Crippen molar-refractivity contribution in [3.05, 3.63) is 0 Å². The molecule has 1 saturated heterocycles. The highest BCUT2D eigenvalue weighted by Crippen LogP contribution is 2.34. The summed E-state index contributed by atoms with van der Waals surface area (Å²) in [4.78, 5) is 2.47. The molecule has 1 aliphatic carbocycles. The van der Waals surface area contributed by atoms with Gasteiger partial charge in [-0.05, 0) is 38.8 Å². The second-order valence-electron chi connectivity index (χ2n) is 4.75. The van der Waals surface area contributed by atoms with E-state index in [0.717, 1.165) is 25.9 Å². The largest absolute Gasteiger partial charge is 0.286 e. The fraction of sp³-hybridized carbons (Fsp3) is 0.917. The summed E-state index contributed by atoms with van der Waals surface area (Å²) in [5, 5.41) is 9.40. The van der Waals surface area contributed by atoms with Crippen LogP contribution < -0.4 is 0 Å². The summed E-state index contributed by atoms with van der Waals surface area (Å²) in [6, 6.07) is 2.61. The minimum atomic E-state index is -0.0708. The molecule has 0 aromatic carbocycles. The quantitative estimate of drug-likeness (QED) is 0.733. The molecule has 2 fully saturated rings. The van der Waals surface area contributed by atoms with E-state index in [0.29, 0.717) is 0 Å². The first-order valence-electron chi connectivity index (χ1n) is 6.04. The van der Waals surface area contributed by atoms with Crippen LogP contribution in [0.2, 0.25) is 0 Å². The van der Waals surface area contributed by atoms with Crippen molar-refractivity contribution in [3.63, 3.8) is 0 Å². The minimum Gasteiger partial charge on any atom is -0.286 e. The van der Waals surface area contributed by atoms with Crippen LogP contribution in [0.15, 0.2) is 0 Å². The van der Waals surface area contributed by atoms with Crippen LogP contribution >= 0.6 is 17.0 Å². The molecule has 0 spiro atoms. The van der Waals surface area contributed by atoms with Gasteiger partial charge in [-0.1, -0.05) is 25.7 Å². The Bertz CT molecular complexity index is 222. The number of hydrogen-bond donors (Lipinski definition) is 0. The maximum atomic E-state index is 9.40. The highest BCUT2D eigenvalue weighted by atomic mass is 79.9. The molecule has 0 atom stereocenters. The van der Waals surface area contributed by atoms with Gasteiger partial charge in [0.05, 0.1) is 6.07 Å². The number of piperidine rings is 1. The molecule has 1 saturated carbocycles. The molecular weight excluding hydrogens is 252 g/mol. The standard InChI is InChI=1S/C12H20N2.BrH/c13-11-12(7-3-1-4-8-12)14-9-5-2-6-10-14;/h1-10H2;1H. The van der Waals surface area contributed by atoms with Crippen LogP contribution in [-0.2, 0) is 0 Å². The van der Waals surface area contributed by atoms with E-state index in [2.05, 4.69) is 11.0 Å². The van der Waals surface area contributed by atoms with Gasteiger partial charge in [0.25, 0.3) is 0 Å². The fourth-order valence-electron chi connectivity index (χ4n) is 2.96. The molecule has 0 aromatic heterocycles. The van der Waals surface area contributed by atoms with E-state index in [1.807, 2.05) is 0 Å². The second kappa shape index (κ2) is 5.86. The van der Waals surface area contributed by atoms with E-state index in [1.165, 1.54) is 38.5 Å². The molecule has 3 heteroatoms. The number of likely N-dealkylation sites (tertiary alicyclic amines) is 1. The highest BCUT2D eigenvalue weighted by Gasteiger charge is 2.38. The molecule has 1 aliphatic heterocycles. The van der Waals surface area contributed by atoms with Crippen LogP contribution in [0.1, 0.15) is 51.4 Å². The molecule has 0 unspecified atom stereocenters. The Labute approximate surface area is 103 Å². The van der Waals surface area contributed by atoms with Crippen molar-refractivity contribution in [2.75, 3.05) is 13.1 Å². The zero-order chi connectivity index (χ0) is 9.86. The van der Waals surface area contributed by atoms with E-state index in [-0.39, 0.29) is 22.5 Å². The highest BCUT2D eigenvalue weighted by molar-refractivity contribution is 8.93. The Morgan fingerprint density at radius 3 is 1.93 bits per heavy atom. The van der Waals surface area contributed by atoms with Crippen molar-refractivity contribution >= 4 is 17.0 Å². The van der Waals surface area contributed by atoms with E-state index in [4.69, 9.17) is 0 Å². The third kappa shape index (κ3) is 2.73. The molecular formula is C12H21BrN2. The Balaban J connectivity index is 0.00000112. The lowest BCUT2D eigenvalue weighted by molar-refractivity contribution is 0.0776. The van der Waals surface area contributed by atoms with Gasteiger partial charge in [-0.25, -0.2) is 0 Å². The summed E-state index contributed by atoms with van der Waals surface area (Å²) in [5.74, 6) is 0. The second-order valence-corrected chi connectivity index (χ2v) is 4.75. The molecule has 86 valence electrons. The molecule has 0 bridgehead atoms. The first-order valence-corrected chi connectivity index (χ1v) is 6.04. The van der Waals surface area contributed by atoms with Gasteiger partial charge in [-0.2, -0.15) is 5.26 Å². The van der Waals surface area contributed by atoms with Crippen molar-refractivity contribution in [1.82, 2.24) is 4.90 Å². The van der Waals surface area contributed by atoms with Gasteiger partial charge < -0.3 is 0 Å². The van der Waals surface area contributed by atoms with Crippen LogP contribution in [0.25, 0.3) is 0 Å². The van der Waals surface area contributed by atoms with Crippen molar-refractivity contribution in [1.29, 1.82) is 5.26 Å². The van der Waals surface area contributed by atoms with Gasteiger partial charge in [0.1, 0.15) is 5.54 Å². The third-order valence-corrected chi connectivity index (χ3v) is 3.85. The lowest BCUT2D eigenvalue weighted by Gasteiger charge is -2.43. The van der Waals surface area contributed by atoms with Crippen LogP contribution in [0.4, 0.5) is 0 Å². The summed E-state index contributed by atoms with van der Waals surface area (Å²) in [7, 11) is 0. The molecule has 2 rings (SSSR count). The van der Waals surface area contributed by atoms with Gasteiger partial charge in [0.2, 0.25) is 0 Å². The van der Waals surface area contributed by atoms with Crippen LogP contribution in [0.3, 0.4) is 0 Å². The summed E-state index contributed by atoms with van der Waals surface area (Å²) < 4.78 is 0. The number of rotatable bonds is 1. The Kier molecular flexibility index (Phi) is 5.08. The monoisotopic (exact) mass is 272 g/mol. The molecule has 2 nitrogen and oxygen atoms in total. The van der Waals surface area contributed by atoms with Gasteiger partial charge in [0, 0.05) is 0 Å². The summed E-state index contributed by atoms with van der Waals surface area (Å²) >= 11 is 0. The maximum absolute atomic E-state index is 9.40. The first kappa shape index (κ1) is 13.0. The molecule has 0 N–H and O–H groups in total. The SMILES string of the molecule is Br.N#CC1(N2CCCCC2)CCCCC1. The van der Waals surface area contributed by atoms with Crippen LogP contribution in [0.5, 0.6) is 0 Å². The normalized spacial score (nSPS) is 26.3. The molecule has 0 radical (unpaired) electrons. The average Bonchev–Trinajstić information content (AvgIpc) is 2.31. The van der Waals surface area contributed by atoms with Crippen LogP contribution in [-0.4, -0.2) is 23.5 Å². The number of nitriles is 1. The summed E-state index contributed by atoms with van der Waals surface area (Å²) in [6.45, 7) is 2.32. The van der Waals surface area contributed by atoms with Gasteiger partial charge in [-0.3, -0.25) is 4.90 Å². The van der Waals surface area contributed by atoms with Gasteiger partial charge in [-0.15, -0.1) is 17.0 Å². The number of hydrogen-bond acceptors (Lipinski definition) is 2. The van der Waals surface area contributed by atoms with Crippen molar-refractivity contribution in [2.45, 2.75) is 56.9 Å². The summed E-state index contributed by atoms with van der Waals surface area (Å²) in [5.41, 5.74) is -0.0708. The molecule has 2 aliphatic rings.